The van der Waals surface area contributed by atoms with Crippen LogP contribution in [0.15, 0.2) is 24.2 Å². The SMILES string of the molecule is O=C(CCc1c[nH]cn1)OC1CCC2C(=CCC3C4CCCC4CCC23)C1. The number of nitrogens with one attached hydrogen (secondary N) is 1. The number of aromatic amines is 1. The summed E-state index contributed by atoms with van der Waals surface area (Å²) >= 11 is 0. The van der Waals surface area contributed by atoms with Gasteiger partial charge in [0.25, 0.3) is 0 Å². The van der Waals surface area contributed by atoms with Crippen LogP contribution in [0.1, 0.15) is 69.9 Å². The van der Waals surface area contributed by atoms with E-state index in [0.29, 0.717) is 12.8 Å². The van der Waals surface area contributed by atoms with Crippen molar-refractivity contribution in [2.24, 2.45) is 29.6 Å². The number of aromatic nitrogens is 2. The first-order valence-electron chi connectivity index (χ1n) is 11.1. The molecule has 0 aliphatic heterocycles. The van der Waals surface area contributed by atoms with Gasteiger partial charge in [0.05, 0.1) is 18.4 Å². The van der Waals surface area contributed by atoms with Crippen molar-refractivity contribution in [1.29, 1.82) is 0 Å². The van der Waals surface area contributed by atoms with Gasteiger partial charge in [0, 0.05) is 19.0 Å². The number of allylic oxidation sites excluding steroid dienone is 1. The van der Waals surface area contributed by atoms with Crippen LogP contribution in [0.5, 0.6) is 0 Å². The Kier molecular flexibility index (Phi) is 4.83. The first kappa shape index (κ1) is 17.5. The molecular weight excluding hydrogens is 336 g/mol. The van der Waals surface area contributed by atoms with E-state index in [2.05, 4.69) is 16.0 Å². The zero-order valence-electron chi connectivity index (χ0n) is 16.2. The summed E-state index contributed by atoms with van der Waals surface area (Å²) in [5.74, 6) is 4.63. The van der Waals surface area contributed by atoms with E-state index in [0.717, 1.165) is 48.1 Å². The molecule has 4 aliphatic carbocycles. The normalized spacial score (nSPS) is 37.7. The van der Waals surface area contributed by atoms with Crippen LogP contribution in [0.3, 0.4) is 0 Å². The molecule has 0 saturated heterocycles. The number of H-pyrrole nitrogens is 1. The van der Waals surface area contributed by atoms with Crippen LogP contribution in [0.4, 0.5) is 0 Å². The summed E-state index contributed by atoms with van der Waals surface area (Å²) in [5, 5.41) is 0. The fourth-order valence-electron chi connectivity index (χ4n) is 6.86. The molecule has 146 valence electrons. The van der Waals surface area contributed by atoms with Gasteiger partial charge < -0.3 is 9.72 Å². The highest BCUT2D eigenvalue weighted by Gasteiger charge is 2.47. The van der Waals surface area contributed by atoms with Gasteiger partial charge in [0.1, 0.15) is 6.10 Å². The lowest BCUT2D eigenvalue weighted by molar-refractivity contribution is -0.150. The predicted molar refractivity (Wildman–Crippen MR) is 104 cm³/mol. The van der Waals surface area contributed by atoms with Gasteiger partial charge in [-0.1, -0.05) is 24.5 Å². The number of aryl methyl sites for hydroxylation is 1. The zero-order valence-corrected chi connectivity index (χ0v) is 16.2. The van der Waals surface area contributed by atoms with Crippen LogP contribution in [-0.2, 0) is 16.0 Å². The number of imidazole rings is 1. The monoisotopic (exact) mass is 368 g/mol. The molecule has 1 aromatic rings. The minimum absolute atomic E-state index is 0.0674. The highest BCUT2D eigenvalue weighted by Crippen LogP contribution is 2.56. The van der Waals surface area contributed by atoms with Gasteiger partial charge >= 0.3 is 5.97 Å². The fourth-order valence-corrected chi connectivity index (χ4v) is 6.86. The van der Waals surface area contributed by atoms with Crippen molar-refractivity contribution in [3.63, 3.8) is 0 Å². The molecule has 0 spiro atoms. The molecule has 0 bridgehead atoms. The van der Waals surface area contributed by atoms with E-state index in [9.17, 15) is 4.79 Å². The topological polar surface area (TPSA) is 55.0 Å². The number of hydrogen-bond acceptors (Lipinski definition) is 3. The minimum Gasteiger partial charge on any atom is -0.462 e. The Morgan fingerprint density at radius 1 is 1.11 bits per heavy atom. The molecule has 4 heteroatoms. The molecule has 0 aromatic carbocycles. The number of ether oxygens (including phenoxy) is 1. The largest absolute Gasteiger partial charge is 0.462 e. The minimum atomic E-state index is -0.0674. The molecule has 3 fully saturated rings. The second-order valence-corrected chi connectivity index (χ2v) is 9.34. The van der Waals surface area contributed by atoms with E-state index in [1.165, 1.54) is 44.9 Å². The summed E-state index contributed by atoms with van der Waals surface area (Å²) < 4.78 is 5.83. The molecule has 1 aromatic heterocycles. The average molecular weight is 369 g/mol. The Morgan fingerprint density at radius 2 is 2.07 bits per heavy atom. The second kappa shape index (κ2) is 7.44. The van der Waals surface area contributed by atoms with Crippen molar-refractivity contribution >= 4 is 5.97 Å². The molecule has 6 unspecified atom stereocenters. The smallest absolute Gasteiger partial charge is 0.306 e. The number of nitrogens with zero attached hydrogens (tertiary/aromatic N) is 1. The summed E-state index contributed by atoms with van der Waals surface area (Å²) in [5.41, 5.74) is 2.54. The Labute approximate surface area is 162 Å². The van der Waals surface area contributed by atoms with Crippen molar-refractivity contribution in [2.45, 2.75) is 76.7 Å². The number of hydrogen-bond donors (Lipinski definition) is 1. The van der Waals surface area contributed by atoms with Crippen molar-refractivity contribution in [3.8, 4) is 0 Å². The third kappa shape index (κ3) is 3.48. The van der Waals surface area contributed by atoms with Gasteiger partial charge in [-0.2, -0.15) is 0 Å². The van der Waals surface area contributed by atoms with Gasteiger partial charge in [-0.15, -0.1) is 0 Å². The highest BCUT2D eigenvalue weighted by atomic mass is 16.5. The molecule has 5 rings (SSSR count). The highest BCUT2D eigenvalue weighted by molar-refractivity contribution is 5.69. The molecular formula is C23H32N2O2. The first-order chi connectivity index (χ1) is 13.3. The average Bonchev–Trinajstić information content (AvgIpc) is 3.37. The van der Waals surface area contributed by atoms with Crippen LogP contribution >= 0.6 is 0 Å². The van der Waals surface area contributed by atoms with E-state index in [4.69, 9.17) is 4.74 Å². The molecule has 27 heavy (non-hydrogen) atoms. The second-order valence-electron chi connectivity index (χ2n) is 9.34. The molecule has 4 nitrogen and oxygen atoms in total. The van der Waals surface area contributed by atoms with Crippen molar-refractivity contribution in [1.82, 2.24) is 9.97 Å². The number of rotatable bonds is 4. The van der Waals surface area contributed by atoms with E-state index in [1.807, 2.05) is 6.20 Å². The molecule has 0 radical (unpaired) electrons. The summed E-state index contributed by atoms with van der Waals surface area (Å²) in [6.07, 6.45) is 19.1. The third-order valence-electron chi connectivity index (χ3n) is 8.04. The van der Waals surface area contributed by atoms with Crippen LogP contribution in [-0.4, -0.2) is 22.0 Å². The molecule has 6 atom stereocenters. The molecule has 4 aliphatic rings. The van der Waals surface area contributed by atoms with Gasteiger partial charge in [-0.25, -0.2) is 4.98 Å². The lowest BCUT2D eigenvalue weighted by Crippen LogP contribution is -2.41. The fraction of sp³-hybridized carbons (Fsp3) is 0.739. The standard InChI is InChI=1S/C23H32N2O2/c26-23(11-6-17-13-24-14-25-17)27-18-7-10-20-16(12-18)5-9-21-19-3-1-2-15(19)4-8-22(20)21/h5,13-15,18-22H,1-4,6-12H2,(H,24,25). The quantitative estimate of drug-likeness (QED) is 0.612. The lowest BCUT2D eigenvalue weighted by Gasteiger charge is -2.49. The summed E-state index contributed by atoms with van der Waals surface area (Å²) in [7, 11) is 0. The van der Waals surface area contributed by atoms with E-state index >= 15 is 0 Å². The van der Waals surface area contributed by atoms with Crippen molar-refractivity contribution < 1.29 is 9.53 Å². The molecule has 3 saturated carbocycles. The number of carbonyl (C=O) groups is 1. The third-order valence-corrected chi connectivity index (χ3v) is 8.04. The summed E-state index contributed by atoms with van der Waals surface area (Å²) in [4.78, 5) is 19.3. The molecule has 0 amide bonds. The van der Waals surface area contributed by atoms with Gasteiger partial charge in [-0.3, -0.25) is 4.79 Å². The maximum Gasteiger partial charge on any atom is 0.306 e. The van der Waals surface area contributed by atoms with Crippen LogP contribution in [0.2, 0.25) is 0 Å². The Morgan fingerprint density at radius 3 is 2.96 bits per heavy atom. The number of carbonyl (C=O) groups excluding carboxylic acids is 1. The lowest BCUT2D eigenvalue weighted by atomic mass is 9.57. The molecule has 1 heterocycles. The zero-order chi connectivity index (χ0) is 18.2. The summed E-state index contributed by atoms with van der Waals surface area (Å²) in [6.45, 7) is 0. The van der Waals surface area contributed by atoms with E-state index in [-0.39, 0.29) is 12.1 Å². The Bertz CT molecular complexity index is 695. The maximum absolute atomic E-state index is 12.2. The van der Waals surface area contributed by atoms with Crippen molar-refractivity contribution in [2.75, 3.05) is 0 Å². The Balaban J connectivity index is 1.17. The molecule has 1 N–H and O–H groups in total. The maximum atomic E-state index is 12.2. The summed E-state index contributed by atoms with van der Waals surface area (Å²) in [6, 6.07) is 0. The van der Waals surface area contributed by atoms with Crippen molar-refractivity contribution in [3.05, 3.63) is 29.9 Å². The van der Waals surface area contributed by atoms with Gasteiger partial charge in [-0.05, 0) is 68.1 Å². The van der Waals surface area contributed by atoms with Crippen LogP contribution in [0.25, 0.3) is 0 Å². The van der Waals surface area contributed by atoms with Gasteiger partial charge in [0.15, 0.2) is 0 Å². The van der Waals surface area contributed by atoms with E-state index in [1.54, 1.807) is 11.9 Å². The Hall–Kier alpha value is -1.58. The van der Waals surface area contributed by atoms with Crippen LogP contribution in [0, 0.1) is 29.6 Å². The first-order valence-corrected chi connectivity index (χ1v) is 11.1. The van der Waals surface area contributed by atoms with E-state index < -0.39 is 0 Å². The van der Waals surface area contributed by atoms with Crippen LogP contribution < -0.4 is 0 Å². The predicted octanol–water partition coefficient (Wildman–Crippen LogP) is 4.83. The number of fused-ring (bicyclic) bond motifs is 5. The van der Waals surface area contributed by atoms with Gasteiger partial charge in [0.2, 0.25) is 0 Å². The number of esters is 1.